The topological polar surface area (TPSA) is 98.8 Å². The zero-order chi connectivity index (χ0) is 32.9. The summed E-state index contributed by atoms with van der Waals surface area (Å²) in [4.78, 5) is 20.9. The molecular formula is C32H29F6NO5. The Morgan fingerprint density at radius 3 is 1.70 bits per heavy atom. The lowest BCUT2D eigenvalue weighted by atomic mass is 10.0. The molecule has 234 valence electrons. The molecule has 0 radical (unpaired) electrons. The smallest absolute Gasteiger partial charge is 0.416 e. The van der Waals surface area contributed by atoms with Gasteiger partial charge in [0.15, 0.2) is 11.5 Å². The predicted molar refractivity (Wildman–Crippen MR) is 153 cm³/mol. The maximum absolute atomic E-state index is 12.2. The molecule has 0 aliphatic rings. The molecule has 0 aromatic heterocycles. The van der Waals surface area contributed by atoms with Crippen LogP contribution in [0.4, 0.5) is 26.3 Å². The van der Waals surface area contributed by atoms with E-state index in [1.807, 2.05) is 60.7 Å². The average Bonchev–Trinajstić information content (AvgIpc) is 3.01. The van der Waals surface area contributed by atoms with Gasteiger partial charge in [0.25, 0.3) is 0 Å². The molecular weight excluding hydrogens is 592 g/mol. The summed E-state index contributed by atoms with van der Waals surface area (Å²) < 4.78 is 83.4. The fourth-order valence-corrected chi connectivity index (χ4v) is 3.69. The Morgan fingerprint density at radius 2 is 1.27 bits per heavy atom. The first-order valence-corrected chi connectivity index (χ1v) is 12.8. The first-order chi connectivity index (χ1) is 20.7. The van der Waals surface area contributed by atoms with Gasteiger partial charge in [-0.3, -0.25) is 4.79 Å². The number of ether oxygens (including phenoxy) is 2. The summed E-state index contributed by atoms with van der Waals surface area (Å²) in [5.74, 6) is 0.617. The number of carboxylic acids is 1. The zero-order valence-electron chi connectivity index (χ0n) is 23.6. The number of aldehydes is 1. The molecule has 12 heteroatoms. The Bertz CT molecular complexity index is 1470. The first kappa shape index (κ1) is 35.4. The van der Waals surface area contributed by atoms with Crippen LogP contribution in [0.15, 0.2) is 91.0 Å². The van der Waals surface area contributed by atoms with Crippen molar-refractivity contribution in [3.63, 3.8) is 0 Å². The third-order valence-electron chi connectivity index (χ3n) is 5.87. The standard InChI is InChI=1S/C13H10O2.C10H15NO2.C9H4F6O/c14-13(15)12-8-6-11(7-9-12)10-4-2-1-3-5-10;1-12-9-4-3-8(5-6-11)7-10(9)13-2;10-8(11,12)6-1-5(4-16)2-7(3-6)9(13,14)15/h1-9H,(H,14,15);3-4,7H,5-6,11H2,1-2H3;1-4H. The van der Waals surface area contributed by atoms with Gasteiger partial charge in [0, 0.05) is 5.56 Å². The Morgan fingerprint density at radius 1 is 0.750 bits per heavy atom. The minimum Gasteiger partial charge on any atom is -0.493 e. The molecule has 0 saturated heterocycles. The van der Waals surface area contributed by atoms with Crippen LogP contribution in [-0.4, -0.2) is 38.1 Å². The largest absolute Gasteiger partial charge is 0.493 e. The van der Waals surface area contributed by atoms with Crippen LogP contribution >= 0.6 is 0 Å². The average molecular weight is 622 g/mol. The number of aromatic carboxylic acids is 1. The van der Waals surface area contributed by atoms with E-state index in [0.29, 0.717) is 24.2 Å². The van der Waals surface area contributed by atoms with Crippen LogP contribution in [-0.2, 0) is 18.8 Å². The van der Waals surface area contributed by atoms with Gasteiger partial charge in [0.1, 0.15) is 6.29 Å². The zero-order valence-corrected chi connectivity index (χ0v) is 23.6. The molecule has 0 bridgehead atoms. The quantitative estimate of drug-likeness (QED) is 0.162. The molecule has 0 amide bonds. The summed E-state index contributed by atoms with van der Waals surface area (Å²) in [6.45, 7) is 0.648. The van der Waals surface area contributed by atoms with Crippen LogP contribution in [0, 0.1) is 0 Å². The van der Waals surface area contributed by atoms with E-state index in [0.717, 1.165) is 29.0 Å². The van der Waals surface area contributed by atoms with Crippen LogP contribution in [0.1, 0.15) is 37.4 Å². The molecule has 0 spiro atoms. The van der Waals surface area contributed by atoms with Gasteiger partial charge < -0.3 is 20.3 Å². The van der Waals surface area contributed by atoms with Gasteiger partial charge in [-0.05, 0) is 72.1 Å². The molecule has 0 heterocycles. The van der Waals surface area contributed by atoms with E-state index in [1.165, 1.54) is 5.56 Å². The highest BCUT2D eigenvalue weighted by Gasteiger charge is 2.36. The summed E-state index contributed by atoms with van der Waals surface area (Å²) in [5, 5.41) is 8.75. The van der Waals surface area contributed by atoms with E-state index in [4.69, 9.17) is 20.3 Å². The number of methoxy groups -OCH3 is 2. The number of carbonyl (C=O) groups is 2. The molecule has 0 aliphatic carbocycles. The molecule has 6 nitrogen and oxygen atoms in total. The van der Waals surface area contributed by atoms with Crippen molar-refractivity contribution >= 4 is 12.3 Å². The number of hydrogen-bond acceptors (Lipinski definition) is 5. The van der Waals surface area contributed by atoms with E-state index >= 15 is 0 Å². The minimum atomic E-state index is -4.92. The Balaban J connectivity index is 0.000000231. The Labute approximate surface area is 249 Å². The van der Waals surface area contributed by atoms with Gasteiger partial charge in [-0.15, -0.1) is 0 Å². The van der Waals surface area contributed by atoms with Crippen LogP contribution < -0.4 is 15.2 Å². The number of carboxylic acid groups (broad SMARTS) is 1. The number of hydrogen-bond donors (Lipinski definition) is 2. The number of carbonyl (C=O) groups excluding carboxylic acids is 1. The number of rotatable bonds is 7. The summed E-state index contributed by atoms with van der Waals surface area (Å²) in [5.41, 5.74) is 5.40. The van der Waals surface area contributed by atoms with E-state index in [1.54, 1.807) is 26.4 Å². The van der Waals surface area contributed by atoms with E-state index in [9.17, 15) is 35.9 Å². The fraction of sp³-hybridized carbons (Fsp3) is 0.188. The van der Waals surface area contributed by atoms with Crippen molar-refractivity contribution in [1.29, 1.82) is 0 Å². The normalized spacial score (nSPS) is 10.8. The first-order valence-electron chi connectivity index (χ1n) is 12.8. The minimum absolute atomic E-state index is 0.0347. The lowest BCUT2D eigenvalue weighted by Gasteiger charge is -2.12. The lowest BCUT2D eigenvalue weighted by Crippen LogP contribution is -2.11. The van der Waals surface area contributed by atoms with Gasteiger partial charge in [-0.1, -0.05) is 48.5 Å². The van der Waals surface area contributed by atoms with Crippen molar-refractivity contribution in [1.82, 2.24) is 0 Å². The third kappa shape index (κ3) is 10.8. The third-order valence-corrected chi connectivity index (χ3v) is 5.87. The molecule has 4 aromatic rings. The molecule has 3 N–H and O–H groups in total. The maximum atomic E-state index is 12.2. The SMILES string of the molecule is COc1ccc(CCN)cc1OC.O=C(O)c1ccc(-c2ccccc2)cc1.O=Cc1cc(C(F)(F)F)cc(C(F)(F)F)c1. The summed E-state index contributed by atoms with van der Waals surface area (Å²) in [6.07, 6.45) is -9.04. The van der Waals surface area contributed by atoms with E-state index < -0.39 is 35.0 Å². The van der Waals surface area contributed by atoms with Crippen LogP contribution in [0.25, 0.3) is 11.1 Å². The Kier molecular flexibility index (Phi) is 13.0. The van der Waals surface area contributed by atoms with Gasteiger partial charge in [0.05, 0.1) is 30.9 Å². The molecule has 0 unspecified atom stereocenters. The highest BCUT2D eigenvalue weighted by Crippen LogP contribution is 2.36. The number of alkyl halides is 6. The second-order valence-electron chi connectivity index (χ2n) is 8.93. The summed E-state index contributed by atoms with van der Waals surface area (Å²) >= 11 is 0. The van der Waals surface area contributed by atoms with Crippen LogP contribution in [0.5, 0.6) is 11.5 Å². The molecule has 44 heavy (non-hydrogen) atoms. The van der Waals surface area contributed by atoms with E-state index in [-0.39, 0.29) is 12.4 Å². The molecule has 4 rings (SSSR count). The van der Waals surface area contributed by atoms with Gasteiger partial charge in [-0.2, -0.15) is 26.3 Å². The van der Waals surface area contributed by atoms with Crippen molar-refractivity contribution in [2.45, 2.75) is 18.8 Å². The van der Waals surface area contributed by atoms with Gasteiger partial charge in [-0.25, -0.2) is 4.79 Å². The second kappa shape index (κ2) is 16.1. The summed E-state index contributed by atoms with van der Waals surface area (Å²) in [6, 6.07) is 23.3. The van der Waals surface area contributed by atoms with Crippen molar-refractivity contribution in [2.24, 2.45) is 5.73 Å². The maximum Gasteiger partial charge on any atom is 0.416 e. The molecule has 0 fully saturated rings. The highest BCUT2D eigenvalue weighted by molar-refractivity contribution is 5.88. The number of halogens is 6. The van der Waals surface area contributed by atoms with Gasteiger partial charge >= 0.3 is 18.3 Å². The fourth-order valence-electron chi connectivity index (χ4n) is 3.69. The second-order valence-corrected chi connectivity index (χ2v) is 8.93. The van der Waals surface area contributed by atoms with Crippen molar-refractivity contribution < 1.29 is 50.5 Å². The molecule has 4 aromatic carbocycles. The van der Waals surface area contributed by atoms with Crippen molar-refractivity contribution in [3.8, 4) is 22.6 Å². The van der Waals surface area contributed by atoms with Crippen LogP contribution in [0.2, 0.25) is 0 Å². The highest BCUT2D eigenvalue weighted by atomic mass is 19.4. The summed E-state index contributed by atoms with van der Waals surface area (Å²) in [7, 11) is 3.25. The predicted octanol–water partition coefficient (Wildman–Crippen LogP) is 7.79. The van der Waals surface area contributed by atoms with Crippen molar-refractivity contribution in [3.05, 3.63) is 119 Å². The lowest BCUT2D eigenvalue weighted by molar-refractivity contribution is -0.143. The molecule has 0 aliphatic heterocycles. The Hall–Kier alpha value is -4.84. The monoisotopic (exact) mass is 621 g/mol. The van der Waals surface area contributed by atoms with Gasteiger partial charge in [0.2, 0.25) is 0 Å². The number of benzene rings is 4. The van der Waals surface area contributed by atoms with Crippen molar-refractivity contribution in [2.75, 3.05) is 20.8 Å². The molecule has 0 saturated carbocycles. The number of nitrogens with two attached hydrogens (primary N) is 1. The van der Waals surface area contributed by atoms with E-state index in [2.05, 4.69) is 0 Å². The van der Waals surface area contributed by atoms with Crippen LogP contribution in [0.3, 0.4) is 0 Å². The molecule has 0 atom stereocenters.